The second kappa shape index (κ2) is 7.31. The first kappa shape index (κ1) is 16.3. The number of ether oxygens (including phenoxy) is 1. The normalized spacial score (nSPS) is 14.4. The van der Waals surface area contributed by atoms with Crippen LogP contribution in [0.15, 0.2) is 24.4 Å². The second-order valence-electron chi connectivity index (χ2n) is 6.26. The fraction of sp³-hybridized carbons (Fsp3) is 0.421. The number of nitrogens with one attached hydrogen (secondary N) is 1. The van der Waals surface area contributed by atoms with Crippen LogP contribution in [-0.4, -0.2) is 16.1 Å². The van der Waals surface area contributed by atoms with E-state index in [1.54, 1.807) is 6.20 Å². The van der Waals surface area contributed by atoms with Crippen LogP contribution >= 0.6 is 0 Å². The molecule has 2 aromatic rings. The predicted octanol–water partition coefficient (Wildman–Crippen LogP) is 3.90. The van der Waals surface area contributed by atoms with Gasteiger partial charge in [-0.1, -0.05) is 0 Å². The molecule has 3 rings (SSSR count). The molecule has 0 bridgehead atoms. The summed E-state index contributed by atoms with van der Waals surface area (Å²) in [7, 11) is 0. The van der Waals surface area contributed by atoms with Gasteiger partial charge in [-0.15, -0.1) is 0 Å². The van der Waals surface area contributed by atoms with Gasteiger partial charge in [0, 0.05) is 24.5 Å². The molecule has 1 N–H and O–H groups in total. The lowest BCUT2D eigenvalue weighted by molar-refractivity contribution is 0.201. The van der Waals surface area contributed by atoms with Gasteiger partial charge in [-0.25, -0.2) is 4.98 Å². The molecule has 0 atom stereocenters. The molecule has 124 valence electrons. The van der Waals surface area contributed by atoms with Crippen molar-refractivity contribution < 1.29 is 4.74 Å². The quantitative estimate of drug-likeness (QED) is 0.904. The first-order valence-electron chi connectivity index (χ1n) is 8.39. The number of pyridine rings is 2. The lowest BCUT2D eigenvalue weighted by atomic mass is 10.1. The number of anilines is 1. The average molecular weight is 322 g/mol. The second-order valence-corrected chi connectivity index (χ2v) is 6.26. The Bertz CT molecular complexity index is 760. The molecule has 0 saturated heterocycles. The topological polar surface area (TPSA) is 70.8 Å². The van der Waals surface area contributed by atoms with Crippen LogP contribution < -0.4 is 10.1 Å². The van der Waals surface area contributed by atoms with E-state index in [9.17, 15) is 5.26 Å². The van der Waals surface area contributed by atoms with E-state index >= 15 is 0 Å². The van der Waals surface area contributed by atoms with E-state index in [1.807, 2.05) is 32.0 Å². The van der Waals surface area contributed by atoms with E-state index in [0.717, 1.165) is 35.5 Å². The van der Waals surface area contributed by atoms with Gasteiger partial charge < -0.3 is 10.1 Å². The zero-order valence-corrected chi connectivity index (χ0v) is 14.2. The van der Waals surface area contributed by atoms with Crippen molar-refractivity contribution in [2.75, 3.05) is 5.32 Å². The maximum Gasteiger partial charge on any atom is 0.213 e. The standard InChI is InChI=1S/C19H22N4O/c1-13-9-18(17(11-20)14(2)23-13)22-12-15-7-8-21-19(10-15)24-16-5-3-4-6-16/h7-10,16H,3-6,12H2,1-2H3,(H,22,23). The summed E-state index contributed by atoms with van der Waals surface area (Å²) >= 11 is 0. The summed E-state index contributed by atoms with van der Waals surface area (Å²) in [5.41, 5.74) is 4.14. The highest BCUT2D eigenvalue weighted by Crippen LogP contribution is 2.24. The molecule has 5 heteroatoms. The molecule has 1 aliphatic rings. The predicted molar refractivity (Wildman–Crippen MR) is 92.9 cm³/mol. The Morgan fingerprint density at radius 1 is 1.29 bits per heavy atom. The van der Waals surface area contributed by atoms with Crippen LogP contribution in [0.4, 0.5) is 5.69 Å². The van der Waals surface area contributed by atoms with Gasteiger partial charge in [0.05, 0.1) is 16.9 Å². The summed E-state index contributed by atoms with van der Waals surface area (Å²) in [6.07, 6.45) is 6.79. The van der Waals surface area contributed by atoms with E-state index in [-0.39, 0.29) is 0 Å². The van der Waals surface area contributed by atoms with Crippen molar-refractivity contribution in [3.8, 4) is 11.9 Å². The molecule has 0 unspecified atom stereocenters. The van der Waals surface area contributed by atoms with Crippen LogP contribution in [0.2, 0.25) is 0 Å². The summed E-state index contributed by atoms with van der Waals surface area (Å²) < 4.78 is 5.95. The number of nitrogens with zero attached hydrogens (tertiary/aromatic N) is 3. The van der Waals surface area contributed by atoms with E-state index in [0.29, 0.717) is 24.1 Å². The van der Waals surface area contributed by atoms with Crippen LogP contribution in [0.3, 0.4) is 0 Å². The highest BCUT2D eigenvalue weighted by molar-refractivity contribution is 5.60. The van der Waals surface area contributed by atoms with Crippen LogP contribution in [0.1, 0.15) is 48.2 Å². The van der Waals surface area contributed by atoms with Gasteiger partial charge in [0.15, 0.2) is 0 Å². The molecule has 0 amide bonds. The first-order chi connectivity index (χ1) is 11.7. The molecule has 0 radical (unpaired) electrons. The molecular formula is C19H22N4O. The summed E-state index contributed by atoms with van der Waals surface area (Å²) in [4.78, 5) is 8.65. The molecule has 0 aromatic carbocycles. The van der Waals surface area contributed by atoms with Crippen LogP contribution in [-0.2, 0) is 6.54 Å². The number of rotatable bonds is 5. The van der Waals surface area contributed by atoms with Gasteiger partial charge in [-0.05, 0) is 57.2 Å². The average Bonchev–Trinajstić information content (AvgIpc) is 3.06. The summed E-state index contributed by atoms with van der Waals surface area (Å²) in [6.45, 7) is 4.40. The number of aromatic nitrogens is 2. The highest BCUT2D eigenvalue weighted by Gasteiger charge is 2.17. The number of hydrogen-bond donors (Lipinski definition) is 1. The molecular weight excluding hydrogens is 300 g/mol. The number of hydrogen-bond acceptors (Lipinski definition) is 5. The molecule has 0 aliphatic heterocycles. The fourth-order valence-corrected chi connectivity index (χ4v) is 3.11. The highest BCUT2D eigenvalue weighted by atomic mass is 16.5. The van der Waals surface area contributed by atoms with Crippen LogP contribution in [0, 0.1) is 25.2 Å². The number of nitriles is 1. The maximum absolute atomic E-state index is 9.33. The van der Waals surface area contributed by atoms with E-state index in [4.69, 9.17) is 4.74 Å². The third-order valence-electron chi connectivity index (χ3n) is 4.31. The van der Waals surface area contributed by atoms with E-state index < -0.39 is 0 Å². The van der Waals surface area contributed by atoms with Gasteiger partial charge in [-0.3, -0.25) is 4.98 Å². The van der Waals surface area contributed by atoms with Crippen molar-refractivity contribution >= 4 is 5.69 Å². The minimum Gasteiger partial charge on any atom is -0.474 e. The molecule has 24 heavy (non-hydrogen) atoms. The Balaban J connectivity index is 1.70. The maximum atomic E-state index is 9.33. The molecule has 2 heterocycles. The third kappa shape index (κ3) is 3.83. The monoisotopic (exact) mass is 322 g/mol. The summed E-state index contributed by atoms with van der Waals surface area (Å²) in [5, 5.41) is 12.7. The Hall–Kier alpha value is -2.61. The Morgan fingerprint density at radius 2 is 2.08 bits per heavy atom. The first-order valence-corrected chi connectivity index (χ1v) is 8.39. The lowest BCUT2D eigenvalue weighted by Crippen LogP contribution is -2.12. The molecule has 2 aromatic heterocycles. The summed E-state index contributed by atoms with van der Waals surface area (Å²) in [5.74, 6) is 0.684. The Morgan fingerprint density at radius 3 is 2.83 bits per heavy atom. The van der Waals surface area contributed by atoms with Crippen molar-refractivity contribution in [3.63, 3.8) is 0 Å². The van der Waals surface area contributed by atoms with Crippen molar-refractivity contribution in [1.82, 2.24) is 9.97 Å². The van der Waals surface area contributed by atoms with Crippen molar-refractivity contribution in [3.05, 3.63) is 46.9 Å². The minimum atomic E-state index is 0.302. The zero-order valence-electron chi connectivity index (χ0n) is 14.2. The molecule has 1 saturated carbocycles. The summed E-state index contributed by atoms with van der Waals surface area (Å²) in [6, 6.07) is 8.06. The van der Waals surface area contributed by atoms with Gasteiger partial charge in [0.25, 0.3) is 0 Å². The lowest BCUT2D eigenvalue weighted by Gasteiger charge is -2.14. The van der Waals surface area contributed by atoms with Crippen LogP contribution in [0.25, 0.3) is 0 Å². The minimum absolute atomic E-state index is 0.302. The SMILES string of the molecule is Cc1cc(NCc2ccnc(OC3CCCC3)c2)c(C#N)c(C)n1. The molecule has 0 spiro atoms. The van der Waals surface area contributed by atoms with Gasteiger partial charge in [-0.2, -0.15) is 5.26 Å². The van der Waals surface area contributed by atoms with Crippen molar-refractivity contribution in [2.45, 2.75) is 52.2 Å². The Kier molecular flexibility index (Phi) is 4.95. The molecule has 1 fully saturated rings. The largest absolute Gasteiger partial charge is 0.474 e. The zero-order chi connectivity index (χ0) is 16.9. The molecule has 1 aliphatic carbocycles. The molecule has 5 nitrogen and oxygen atoms in total. The van der Waals surface area contributed by atoms with Crippen LogP contribution in [0.5, 0.6) is 5.88 Å². The van der Waals surface area contributed by atoms with E-state index in [1.165, 1.54) is 12.8 Å². The third-order valence-corrected chi connectivity index (χ3v) is 4.31. The van der Waals surface area contributed by atoms with Crippen molar-refractivity contribution in [2.24, 2.45) is 0 Å². The van der Waals surface area contributed by atoms with Gasteiger partial charge in [0.1, 0.15) is 12.2 Å². The smallest absolute Gasteiger partial charge is 0.213 e. The fourth-order valence-electron chi connectivity index (χ4n) is 3.11. The number of aryl methyl sites for hydroxylation is 2. The van der Waals surface area contributed by atoms with E-state index in [2.05, 4.69) is 21.4 Å². The Labute approximate surface area is 142 Å². The van der Waals surface area contributed by atoms with Gasteiger partial charge >= 0.3 is 0 Å². The van der Waals surface area contributed by atoms with Crippen molar-refractivity contribution in [1.29, 1.82) is 5.26 Å². The van der Waals surface area contributed by atoms with Gasteiger partial charge in [0.2, 0.25) is 5.88 Å².